The number of hydrogen-bond acceptors (Lipinski definition) is 5. The number of methoxy groups -OCH3 is 2. The van der Waals surface area contributed by atoms with Crippen LogP contribution in [0.3, 0.4) is 0 Å². The zero-order chi connectivity index (χ0) is 27.4. The molecule has 7 nitrogen and oxygen atoms in total. The molecule has 0 bridgehead atoms. The third kappa shape index (κ3) is 6.63. The summed E-state index contributed by atoms with van der Waals surface area (Å²) in [5.41, 5.74) is 3.52. The van der Waals surface area contributed by atoms with E-state index in [1.54, 1.807) is 12.1 Å². The summed E-state index contributed by atoms with van der Waals surface area (Å²) < 4.78 is 39.2. The Kier molecular flexibility index (Phi) is 8.53. The van der Waals surface area contributed by atoms with E-state index in [9.17, 15) is 13.2 Å². The number of carbonyl (C=O) groups excluding carboxylic acids is 1. The highest BCUT2D eigenvalue weighted by molar-refractivity contribution is 7.92. The summed E-state index contributed by atoms with van der Waals surface area (Å²) in [4.78, 5) is 13.1. The van der Waals surface area contributed by atoms with Gasteiger partial charge in [-0.25, -0.2) is 8.42 Å². The van der Waals surface area contributed by atoms with Crippen LogP contribution in [0.2, 0.25) is 0 Å². The predicted molar refractivity (Wildman–Crippen MR) is 147 cm³/mol. The van der Waals surface area contributed by atoms with Crippen LogP contribution in [0, 0.1) is 6.92 Å². The van der Waals surface area contributed by atoms with Crippen molar-refractivity contribution in [2.75, 3.05) is 25.1 Å². The summed E-state index contributed by atoms with van der Waals surface area (Å²) >= 11 is 0. The Morgan fingerprint density at radius 2 is 1.51 bits per heavy atom. The number of carbonyl (C=O) groups is 1. The van der Waals surface area contributed by atoms with Crippen LogP contribution in [0.25, 0.3) is 0 Å². The molecule has 0 fully saturated rings. The normalized spacial score (nSPS) is 12.5. The number of amides is 1. The Bertz CT molecular complexity index is 1330. The van der Waals surface area contributed by atoms with Gasteiger partial charge in [0.2, 0.25) is 5.91 Å². The fraction of sp³-hybridized carbons (Fsp3) is 0.345. The second kappa shape index (κ2) is 11.3. The van der Waals surface area contributed by atoms with Crippen molar-refractivity contribution in [3.63, 3.8) is 0 Å². The quantitative estimate of drug-likeness (QED) is 0.406. The van der Waals surface area contributed by atoms with Crippen LogP contribution < -0.4 is 19.1 Å². The van der Waals surface area contributed by atoms with E-state index in [4.69, 9.17) is 9.47 Å². The predicted octanol–water partition coefficient (Wildman–Crippen LogP) is 5.38. The van der Waals surface area contributed by atoms with Crippen molar-refractivity contribution >= 4 is 21.6 Å². The third-order valence-corrected chi connectivity index (χ3v) is 7.98. The minimum absolute atomic E-state index is 0.00987. The average molecular weight is 525 g/mol. The first kappa shape index (κ1) is 28.1. The lowest BCUT2D eigenvalue weighted by atomic mass is 9.86. The van der Waals surface area contributed by atoms with Crippen LogP contribution in [0.4, 0.5) is 5.69 Å². The Hall–Kier alpha value is -3.52. The van der Waals surface area contributed by atoms with E-state index in [0.29, 0.717) is 11.4 Å². The molecule has 1 N–H and O–H groups in total. The van der Waals surface area contributed by atoms with Gasteiger partial charge in [0, 0.05) is 6.07 Å². The monoisotopic (exact) mass is 524 g/mol. The molecule has 0 heterocycles. The maximum absolute atomic E-state index is 13.8. The van der Waals surface area contributed by atoms with Gasteiger partial charge in [-0.3, -0.25) is 9.10 Å². The second-order valence-electron chi connectivity index (χ2n) is 10.0. The first-order valence-electron chi connectivity index (χ1n) is 12.1. The van der Waals surface area contributed by atoms with Crippen molar-refractivity contribution in [3.05, 3.63) is 83.4 Å². The van der Waals surface area contributed by atoms with Gasteiger partial charge in [0.15, 0.2) is 11.5 Å². The maximum Gasteiger partial charge on any atom is 0.264 e. The number of nitrogens with zero attached hydrogens (tertiary/aromatic N) is 1. The first-order chi connectivity index (χ1) is 17.4. The van der Waals surface area contributed by atoms with Crippen LogP contribution in [0.5, 0.6) is 11.5 Å². The van der Waals surface area contributed by atoms with E-state index < -0.39 is 15.9 Å². The van der Waals surface area contributed by atoms with Gasteiger partial charge in [0.1, 0.15) is 6.54 Å². The number of benzene rings is 3. The Morgan fingerprint density at radius 3 is 2.05 bits per heavy atom. The molecular formula is C29H36N2O5S. The number of sulfonamides is 1. The summed E-state index contributed by atoms with van der Waals surface area (Å²) in [6, 6.07) is 19.2. The van der Waals surface area contributed by atoms with Gasteiger partial charge in [0.25, 0.3) is 10.0 Å². The number of rotatable bonds is 9. The molecule has 37 heavy (non-hydrogen) atoms. The van der Waals surface area contributed by atoms with Gasteiger partial charge in [-0.2, -0.15) is 0 Å². The van der Waals surface area contributed by atoms with E-state index in [1.165, 1.54) is 38.0 Å². The largest absolute Gasteiger partial charge is 0.493 e. The molecule has 0 aliphatic rings. The summed E-state index contributed by atoms with van der Waals surface area (Å²) in [6.45, 7) is 9.84. The van der Waals surface area contributed by atoms with Gasteiger partial charge >= 0.3 is 0 Å². The Balaban J connectivity index is 1.89. The highest BCUT2D eigenvalue weighted by Crippen LogP contribution is 2.32. The van der Waals surface area contributed by atoms with E-state index in [-0.39, 0.29) is 28.6 Å². The van der Waals surface area contributed by atoms with Gasteiger partial charge < -0.3 is 14.8 Å². The van der Waals surface area contributed by atoms with Gasteiger partial charge in [-0.1, -0.05) is 62.7 Å². The topological polar surface area (TPSA) is 84.9 Å². The van der Waals surface area contributed by atoms with Crippen LogP contribution in [0.15, 0.2) is 71.6 Å². The van der Waals surface area contributed by atoms with Crippen molar-refractivity contribution in [2.45, 2.75) is 51.0 Å². The summed E-state index contributed by atoms with van der Waals surface area (Å²) in [7, 11) is -1.19. The number of aryl methyl sites for hydroxylation is 1. The molecule has 0 aromatic heterocycles. The fourth-order valence-corrected chi connectivity index (χ4v) is 5.34. The van der Waals surface area contributed by atoms with Crippen LogP contribution in [0.1, 0.15) is 50.4 Å². The molecule has 0 saturated heterocycles. The van der Waals surface area contributed by atoms with E-state index in [2.05, 4.69) is 38.2 Å². The highest BCUT2D eigenvalue weighted by Gasteiger charge is 2.29. The lowest BCUT2D eigenvalue weighted by Crippen LogP contribution is -2.41. The van der Waals surface area contributed by atoms with Crippen molar-refractivity contribution in [3.8, 4) is 11.5 Å². The molecular weight excluding hydrogens is 488 g/mol. The maximum atomic E-state index is 13.8. The molecule has 3 aromatic carbocycles. The van der Waals surface area contributed by atoms with Crippen molar-refractivity contribution < 1.29 is 22.7 Å². The molecule has 1 amide bonds. The minimum atomic E-state index is -4.11. The summed E-state index contributed by atoms with van der Waals surface area (Å²) in [6.07, 6.45) is 0. The zero-order valence-electron chi connectivity index (χ0n) is 22.5. The molecule has 0 unspecified atom stereocenters. The van der Waals surface area contributed by atoms with Gasteiger partial charge in [0.05, 0.1) is 30.8 Å². The van der Waals surface area contributed by atoms with E-state index in [1.807, 2.05) is 38.1 Å². The van der Waals surface area contributed by atoms with Crippen LogP contribution in [-0.4, -0.2) is 35.1 Å². The lowest BCUT2D eigenvalue weighted by molar-refractivity contribution is -0.120. The van der Waals surface area contributed by atoms with E-state index in [0.717, 1.165) is 15.4 Å². The number of nitrogens with one attached hydrogen (secondary N) is 1. The zero-order valence-corrected chi connectivity index (χ0v) is 23.3. The molecule has 3 aromatic rings. The molecule has 8 heteroatoms. The SMILES string of the molecule is COc1ccc(S(=O)(=O)N(CC(=O)N[C@@H](C)c2ccc(C(C)(C)C)cc2)c2ccc(C)cc2)cc1OC. The lowest BCUT2D eigenvalue weighted by Gasteiger charge is -2.26. The number of hydrogen-bond donors (Lipinski definition) is 1. The molecule has 1 atom stereocenters. The highest BCUT2D eigenvalue weighted by atomic mass is 32.2. The summed E-state index contributed by atoms with van der Waals surface area (Å²) in [5.74, 6) is 0.272. The molecule has 0 spiro atoms. The Morgan fingerprint density at radius 1 is 0.919 bits per heavy atom. The van der Waals surface area contributed by atoms with Gasteiger partial charge in [-0.15, -0.1) is 0 Å². The fourth-order valence-electron chi connectivity index (χ4n) is 3.90. The van der Waals surface area contributed by atoms with Crippen molar-refractivity contribution in [1.29, 1.82) is 0 Å². The van der Waals surface area contributed by atoms with Gasteiger partial charge in [-0.05, 0) is 54.7 Å². The summed E-state index contributed by atoms with van der Waals surface area (Å²) in [5, 5.41) is 2.94. The molecule has 198 valence electrons. The Labute approximate surface area is 220 Å². The van der Waals surface area contributed by atoms with E-state index >= 15 is 0 Å². The molecule has 0 aliphatic carbocycles. The average Bonchev–Trinajstić information content (AvgIpc) is 2.86. The molecule has 0 saturated carbocycles. The second-order valence-corrected chi connectivity index (χ2v) is 11.9. The minimum Gasteiger partial charge on any atom is -0.493 e. The van der Waals surface area contributed by atoms with Crippen LogP contribution >= 0.6 is 0 Å². The standard InChI is InChI=1S/C29H36N2O5S/c1-20-8-14-24(15-9-20)31(37(33,34)25-16-17-26(35-6)27(18-25)36-7)19-28(32)30-21(2)22-10-12-23(13-11-22)29(3,4)5/h8-18,21H,19H2,1-7H3,(H,30,32)/t21-/m0/s1. The molecule has 3 rings (SSSR count). The van der Waals surface area contributed by atoms with Crippen molar-refractivity contribution in [2.24, 2.45) is 0 Å². The number of anilines is 1. The molecule has 0 radical (unpaired) electrons. The number of ether oxygens (including phenoxy) is 2. The smallest absolute Gasteiger partial charge is 0.264 e. The third-order valence-electron chi connectivity index (χ3n) is 6.21. The van der Waals surface area contributed by atoms with Crippen LogP contribution in [-0.2, 0) is 20.2 Å². The molecule has 0 aliphatic heterocycles. The first-order valence-corrected chi connectivity index (χ1v) is 13.5. The van der Waals surface area contributed by atoms with Crippen molar-refractivity contribution in [1.82, 2.24) is 5.32 Å².